The molecular weight excluding hydrogens is 562 g/mol. The van der Waals surface area contributed by atoms with Gasteiger partial charge in [0.2, 0.25) is 23.6 Å². The Balaban J connectivity index is 1.95. The number of nitrogens with zero attached hydrogens (tertiary/aromatic N) is 1. The zero-order valence-corrected chi connectivity index (χ0v) is 24.9. The predicted molar refractivity (Wildman–Crippen MR) is 158 cm³/mol. The van der Waals surface area contributed by atoms with Crippen LogP contribution in [0.25, 0.3) is 0 Å². The highest BCUT2D eigenvalue weighted by molar-refractivity contribution is 6.30. The fourth-order valence-corrected chi connectivity index (χ4v) is 4.85. The number of carbonyl (C=O) groups is 5. The zero-order valence-electron chi connectivity index (χ0n) is 24.1. The van der Waals surface area contributed by atoms with Gasteiger partial charge in [-0.2, -0.15) is 0 Å². The molecule has 1 saturated heterocycles. The molecule has 1 heterocycles. The number of halogens is 1. The molecule has 5 N–H and O–H groups in total. The van der Waals surface area contributed by atoms with E-state index in [4.69, 9.17) is 11.6 Å². The first-order valence-corrected chi connectivity index (χ1v) is 14.2. The molecule has 2 aromatic rings. The molecule has 0 aromatic heterocycles. The van der Waals surface area contributed by atoms with E-state index in [0.29, 0.717) is 16.1 Å². The number of amides is 5. The molecule has 2 aromatic carbocycles. The van der Waals surface area contributed by atoms with E-state index in [1.54, 1.807) is 63.2 Å². The lowest BCUT2D eigenvalue weighted by atomic mass is 10.0. The average Bonchev–Trinajstić information content (AvgIpc) is 2.93. The summed E-state index contributed by atoms with van der Waals surface area (Å²) in [5, 5.41) is 21.4. The molecule has 226 valence electrons. The maximum Gasteiger partial charge on any atom is 0.254 e. The SMILES string of the molecule is Cc1cc(Cl)ccc1C(=O)N1CCNC(=O)[C@H]([C@@H](C)O)NC(=O)[C@H](Cc2ccccc2)NC(=O)[C@@H](C(C)C)NC(=O)C1. The number of aliphatic hydroxyl groups is 1. The summed E-state index contributed by atoms with van der Waals surface area (Å²) in [6, 6.07) is 10.3. The smallest absolute Gasteiger partial charge is 0.254 e. The van der Waals surface area contributed by atoms with Gasteiger partial charge in [-0.3, -0.25) is 24.0 Å². The first kappa shape index (κ1) is 32.6. The Morgan fingerprint density at radius 3 is 2.26 bits per heavy atom. The number of hydrogen-bond donors (Lipinski definition) is 5. The maximum absolute atomic E-state index is 13.5. The summed E-state index contributed by atoms with van der Waals surface area (Å²) in [5.74, 6) is -3.37. The van der Waals surface area contributed by atoms with Gasteiger partial charge >= 0.3 is 0 Å². The van der Waals surface area contributed by atoms with Crippen LogP contribution in [0.3, 0.4) is 0 Å². The van der Waals surface area contributed by atoms with Gasteiger partial charge in [0.25, 0.3) is 5.91 Å². The van der Waals surface area contributed by atoms with Gasteiger partial charge in [-0.05, 0) is 49.1 Å². The number of aryl methyl sites for hydroxylation is 1. The van der Waals surface area contributed by atoms with E-state index in [9.17, 15) is 29.1 Å². The first-order valence-electron chi connectivity index (χ1n) is 13.8. The average molecular weight is 600 g/mol. The van der Waals surface area contributed by atoms with Crippen molar-refractivity contribution in [1.29, 1.82) is 0 Å². The van der Waals surface area contributed by atoms with Crippen molar-refractivity contribution >= 4 is 41.1 Å². The van der Waals surface area contributed by atoms with Crippen LogP contribution in [-0.4, -0.2) is 83.4 Å². The van der Waals surface area contributed by atoms with Crippen LogP contribution < -0.4 is 21.3 Å². The van der Waals surface area contributed by atoms with E-state index in [0.717, 1.165) is 5.56 Å². The molecule has 1 aliphatic heterocycles. The second kappa shape index (κ2) is 14.8. The molecule has 1 aliphatic rings. The van der Waals surface area contributed by atoms with Crippen molar-refractivity contribution in [3.8, 4) is 0 Å². The minimum atomic E-state index is -1.33. The van der Waals surface area contributed by atoms with Gasteiger partial charge in [-0.25, -0.2) is 0 Å². The minimum absolute atomic E-state index is 0.0598. The quantitative estimate of drug-likeness (QED) is 0.344. The largest absolute Gasteiger partial charge is 0.391 e. The van der Waals surface area contributed by atoms with Crippen molar-refractivity contribution in [1.82, 2.24) is 26.2 Å². The summed E-state index contributed by atoms with van der Waals surface area (Å²) in [6.07, 6.45) is -1.16. The molecule has 0 aliphatic carbocycles. The van der Waals surface area contributed by atoms with E-state index >= 15 is 0 Å². The molecular formula is C30H38ClN5O6. The molecule has 5 amide bonds. The van der Waals surface area contributed by atoms with Crippen LogP contribution >= 0.6 is 11.6 Å². The van der Waals surface area contributed by atoms with E-state index in [2.05, 4.69) is 21.3 Å². The standard InChI is InChI=1S/C30H38ClN5O6/c1-17(2)25-29(41)33-23(15-20-8-6-5-7-9-20)27(39)35-26(19(4)37)28(40)32-12-13-36(16-24(38)34-25)30(42)22-11-10-21(31)14-18(22)3/h5-11,14,17,19,23,25-26,37H,12-13,15-16H2,1-4H3,(H,32,40)(H,33,41)(H,34,38)(H,35,39)/t19-,23+,25-,26+/m1/s1. The third kappa shape index (κ3) is 8.77. The lowest BCUT2D eigenvalue weighted by molar-refractivity contribution is -0.135. The molecule has 12 heteroatoms. The van der Waals surface area contributed by atoms with Crippen LogP contribution in [0, 0.1) is 12.8 Å². The number of aliphatic hydroxyl groups excluding tert-OH is 1. The molecule has 11 nitrogen and oxygen atoms in total. The van der Waals surface area contributed by atoms with Crippen LogP contribution in [-0.2, 0) is 25.6 Å². The number of hydrogen-bond acceptors (Lipinski definition) is 6. The highest BCUT2D eigenvalue weighted by Crippen LogP contribution is 2.17. The van der Waals surface area contributed by atoms with Gasteiger partial charge < -0.3 is 31.3 Å². The number of rotatable bonds is 5. The third-order valence-electron chi connectivity index (χ3n) is 6.97. The summed E-state index contributed by atoms with van der Waals surface area (Å²) in [6.45, 7) is 6.05. The Bertz CT molecular complexity index is 1300. The normalized spacial score (nSPS) is 21.8. The van der Waals surface area contributed by atoms with Crippen molar-refractivity contribution in [2.45, 2.75) is 58.3 Å². The van der Waals surface area contributed by atoms with Crippen molar-refractivity contribution in [2.24, 2.45) is 5.92 Å². The topological polar surface area (TPSA) is 157 Å². The molecule has 4 atom stereocenters. The van der Waals surface area contributed by atoms with Crippen LogP contribution in [0.1, 0.15) is 42.3 Å². The predicted octanol–water partition coefficient (Wildman–Crippen LogP) is 0.954. The summed E-state index contributed by atoms with van der Waals surface area (Å²) in [7, 11) is 0. The Hall–Kier alpha value is -3.96. The van der Waals surface area contributed by atoms with Gasteiger partial charge in [0.15, 0.2) is 0 Å². The first-order chi connectivity index (χ1) is 19.9. The van der Waals surface area contributed by atoms with Crippen molar-refractivity contribution in [3.63, 3.8) is 0 Å². The van der Waals surface area contributed by atoms with Gasteiger partial charge in [0.1, 0.15) is 18.1 Å². The lowest BCUT2D eigenvalue weighted by Crippen LogP contribution is -2.60. The van der Waals surface area contributed by atoms with Crippen LogP contribution in [0.15, 0.2) is 48.5 Å². The Labute approximate surface area is 250 Å². The second-order valence-electron chi connectivity index (χ2n) is 10.7. The van der Waals surface area contributed by atoms with E-state index in [-0.39, 0.29) is 25.4 Å². The Morgan fingerprint density at radius 1 is 0.952 bits per heavy atom. The molecule has 0 bridgehead atoms. The van der Waals surface area contributed by atoms with Crippen molar-refractivity contribution < 1.29 is 29.1 Å². The summed E-state index contributed by atoms with van der Waals surface area (Å²) >= 11 is 6.05. The monoisotopic (exact) mass is 599 g/mol. The van der Waals surface area contributed by atoms with E-state index in [1.807, 2.05) is 6.07 Å². The van der Waals surface area contributed by atoms with E-state index < -0.39 is 60.3 Å². The van der Waals surface area contributed by atoms with Crippen molar-refractivity contribution in [2.75, 3.05) is 19.6 Å². The highest BCUT2D eigenvalue weighted by Gasteiger charge is 2.33. The summed E-state index contributed by atoms with van der Waals surface area (Å²) in [5.41, 5.74) is 1.69. The molecule has 0 radical (unpaired) electrons. The second-order valence-corrected chi connectivity index (χ2v) is 11.2. The summed E-state index contributed by atoms with van der Waals surface area (Å²) in [4.78, 5) is 67.8. The van der Waals surface area contributed by atoms with Crippen LogP contribution in [0.4, 0.5) is 0 Å². The number of benzene rings is 2. The van der Waals surface area contributed by atoms with Gasteiger partial charge in [0, 0.05) is 30.1 Å². The maximum atomic E-state index is 13.5. The molecule has 0 spiro atoms. The van der Waals surface area contributed by atoms with Gasteiger partial charge in [-0.15, -0.1) is 0 Å². The minimum Gasteiger partial charge on any atom is -0.391 e. The molecule has 42 heavy (non-hydrogen) atoms. The third-order valence-corrected chi connectivity index (χ3v) is 7.20. The van der Waals surface area contributed by atoms with Crippen molar-refractivity contribution in [3.05, 3.63) is 70.2 Å². The van der Waals surface area contributed by atoms with Gasteiger partial charge in [-0.1, -0.05) is 55.8 Å². The van der Waals surface area contributed by atoms with E-state index in [1.165, 1.54) is 11.8 Å². The van der Waals surface area contributed by atoms with Gasteiger partial charge in [0.05, 0.1) is 12.6 Å². The number of nitrogens with one attached hydrogen (secondary N) is 4. The Kier molecular flexibility index (Phi) is 11.5. The molecule has 1 fully saturated rings. The highest BCUT2D eigenvalue weighted by atomic mass is 35.5. The molecule has 3 rings (SSSR count). The lowest BCUT2D eigenvalue weighted by Gasteiger charge is -2.27. The Morgan fingerprint density at radius 2 is 1.64 bits per heavy atom. The fraction of sp³-hybridized carbons (Fsp3) is 0.433. The number of carbonyl (C=O) groups excluding carboxylic acids is 5. The fourth-order valence-electron chi connectivity index (χ4n) is 4.62. The molecule has 0 saturated carbocycles. The van der Waals surface area contributed by atoms with Crippen LogP contribution in [0.5, 0.6) is 0 Å². The zero-order chi connectivity index (χ0) is 31.0. The molecule has 0 unspecified atom stereocenters. The van der Waals surface area contributed by atoms with Crippen LogP contribution in [0.2, 0.25) is 5.02 Å². The summed E-state index contributed by atoms with van der Waals surface area (Å²) < 4.78 is 0.